The Labute approximate surface area is 112 Å². The van der Waals surface area contributed by atoms with Crippen LogP contribution in [0, 0.1) is 0 Å². The molecule has 0 saturated carbocycles. The fourth-order valence-corrected chi connectivity index (χ4v) is 2.32. The van der Waals surface area contributed by atoms with Gasteiger partial charge in [0.2, 0.25) is 0 Å². The summed E-state index contributed by atoms with van der Waals surface area (Å²) < 4.78 is 22.9. The molecule has 0 aromatic heterocycles. The van der Waals surface area contributed by atoms with Crippen molar-refractivity contribution in [2.24, 2.45) is 0 Å². The minimum Gasteiger partial charge on any atom is -0.508 e. The summed E-state index contributed by atoms with van der Waals surface area (Å²) in [5.74, 6) is 0.225. The van der Waals surface area contributed by atoms with Gasteiger partial charge in [0.1, 0.15) is 5.75 Å². The molecule has 2 N–H and O–H groups in total. The average molecular weight is 277 g/mol. The van der Waals surface area contributed by atoms with Gasteiger partial charge in [0.05, 0.1) is 4.90 Å². The van der Waals surface area contributed by atoms with E-state index in [-0.39, 0.29) is 5.75 Å². The number of anilines is 1. The van der Waals surface area contributed by atoms with Gasteiger partial charge in [-0.1, -0.05) is 18.2 Å². The van der Waals surface area contributed by atoms with Gasteiger partial charge in [-0.2, -0.15) is 0 Å². The number of phenols is 1. The molecule has 0 atom stereocenters. The number of nitrogens with one attached hydrogen (secondary N) is 1. The normalized spacial score (nSPS) is 11.2. The lowest BCUT2D eigenvalue weighted by molar-refractivity contribution is 0.475. The zero-order valence-electron chi connectivity index (χ0n) is 10.5. The van der Waals surface area contributed by atoms with Gasteiger partial charge in [-0.05, 0) is 35.9 Å². The van der Waals surface area contributed by atoms with Crippen LogP contribution < -0.4 is 5.32 Å². The molecule has 0 spiro atoms. The quantitative estimate of drug-likeness (QED) is 0.900. The Hall–Kier alpha value is -2.01. The lowest BCUT2D eigenvalue weighted by atomic mass is 10.2. The third-order valence-corrected chi connectivity index (χ3v) is 3.81. The first-order valence-corrected chi connectivity index (χ1v) is 7.66. The molecule has 0 unspecified atom stereocenters. The fourth-order valence-electron chi connectivity index (χ4n) is 1.65. The van der Waals surface area contributed by atoms with E-state index < -0.39 is 9.84 Å². The van der Waals surface area contributed by atoms with Gasteiger partial charge in [0, 0.05) is 18.5 Å². The monoisotopic (exact) mass is 277 g/mol. The second-order valence-corrected chi connectivity index (χ2v) is 6.34. The summed E-state index contributed by atoms with van der Waals surface area (Å²) in [6.07, 6.45) is 1.19. The van der Waals surface area contributed by atoms with Crippen molar-refractivity contribution in [1.82, 2.24) is 0 Å². The first-order chi connectivity index (χ1) is 8.95. The average Bonchev–Trinajstić information content (AvgIpc) is 2.37. The molecule has 0 radical (unpaired) electrons. The summed E-state index contributed by atoms with van der Waals surface area (Å²) in [7, 11) is -3.19. The molecule has 0 aliphatic carbocycles. The molecule has 100 valence electrons. The van der Waals surface area contributed by atoms with Crippen molar-refractivity contribution in [2.45, 2.75) is 11.4 Å². The topological polar surface area (TPSA) is 66.4 Å². The number of phenolic OH excluding ortho intramolecular Hbond substituents is 1. The summed E-state index contributed by atoms with van der Waals surface area (Å²) in [6, 6.07) is 13.5. The van der Waals surface area contributed by atoms with Crippen LogP contribution in [0.5, 0.6) is 5.75 Å². The van der Waals surface area contributed by atoms with Crippen LogP contribution in [-0.4, -0.2) is 19.8 Å². The lowest BCUT2D eigenvalue weighted by Crippen LogP contribution is -2.01. The van der Waals surface area contributed by atoms with Crippen molar-refractivity contribution in [3.8, 4) is 5.75 Å². The third kappa shape index (κ3) is 3.72. The van der Waals surface area contributed by atoms with E-state index >= 15 is 0 Å². The number of rotatable bonds is 4. The van der Waals surface area contributed by atoms with Crippen LogP contribution in [0.25, 0.3) is 0 Å². The van der Waals surface area contributed by atoms with Crippen molar-refractivity contribution >= 4 is 15.5 Å². The van der Waals surface area contributed by atoms with Gasteiger partial charge in [0.15, 0.2) is 9.84 Å². The predicted octanol–water partition coefficient (Wildman–Crippen LogP) is 2.41. The first-order valence-electron chi connectivity index (χ1n) is 5.77. The maximum absolute atomic E-state index is 11.4. The van der Waals surface area contributed by atoms with Gasteiger partial charge >= 0.3 is 0 Å². The number of aromatic hydroxyl groups is 1. The maximum Gasteiger partial charge on any atom is 0.175 e. The van der Waals surface area contributed by atoms with Crippen molar-refractivity contribution < 1.29 is 13.5 Å². The van der Waals surface area contributed by atoms with E-state index in [1.54, 1.807) is 30.3 Å². The number of hydrogen-bond donors (Lipinski definition) is 2. The minimum atomic E-state index is -3.19. The summed E-state index contributed by atoms with van der Waals surface area (Å²) >= 11 is 0. The number of benzene rings is 2. The smallest absolute Gasteiger partial charge is 0.175 e. The zero-order valence-corrected chi connectivity index (χ0v) is 11.3. The Balaban J connectivity index is 2.10. The van der Waals surface area contributed by atoms with E-state index in [2.05, 4.69) is 5.32 Å². The molecule has 0 saturated heterocycles. The third-order valence-electron chi connectivity index (χ3n) is 2.70. The highest BCUT2D eigenvalue weighted by Gasteiger charge is 2.06. The molecule has 0 bridgehead atoms. The van der Waals surface area contributed by atoms with E-state index in [9.17, 15) is 13.5 Å². The van der Waals surface area contributed by atoms with Crippen LogP contribution in [0.15, 0.2) is 53.4 Å². The summed E-state index contributed by atoms with van der Waals surface area (Å²) in [5.41, 5.74) is 1.75. The number of hydrogen-bond acceptors (Lipinski definition) is 4. The van der Waals surface area contributed by atoms with Gasteiger partial charge in [-0.3, -0.25) is 0 Å². The van der Waals surface area contributed by atoms with Crippen molar-refractivity contribution in [1.29, 1.82) is 0 Å². The Bertz CT molecular complexity index is 663. The summed E-state index contributed by atoms with van der Waals surface area (Å²) in [6.45, 7) is 0.563. The molecule has 0 heterocycles. The van der Waals surface area contributed by atoms with Gasteiger partial charge < -0.3 is 10.4 Å². The molecule has 2 aromatic carbocycles. The second kappa shape index (κ2) is 5.32. The van der Waals surface area contributed by atoms with Gasteiger partial charge in [-0.15, -0.1) is 0 Å². The largest absolute Gasteiger partial charge is 0.508 e. The van der Waals surface area contributed by atoms with Crippen LogP contribution in [0.4, 0.5) is 5.69 Å². The lowest BCUT2D eigenvalue weighted by Gasteiger charge is -2.08. The molecule has 19 heavy (non-hydrogen) atoms. The van der Waals surface area contributed by atoms with Crippen molar-refractivity contribution in [3.63, 3.8) is 0 Å². The second-order valence-electron chi connectivity index (χ2n) is 4.32. The van der Waals surface area contributed by atoms with Crippen LogP contribution in [-0.2, 0) is 16.4 Å². The number of sulfone groups is 1. The Morgan fingerprint density at radius 1 is 1.11 bits per heavy atom. The Kier molecular flexibility index (Phi) is 3.76. The van der Waals surface area contributed by atoms with Crippen molar-refractivity contribution in [3.05, 3.63) is 54.1 Å². The maximum atomic E-state index is 11.4. The Morgan fingerprint density at radius 2 is 1.79 bits per heavy atom. The highest BCUT2D eigenvalue weighted by molar-refractivity contribution is 7.90. The Morgan fingerprint density at radius 3 is 2.42 bits per heavy atom. The van der Waals surface area contributed by atoms with Crippen LogP contribution >= 0.6 is 0 Å². The van der Waals surface area contributed by atoms with E-state index in [0.717, 1.165) is 11.3 Å². The first kappa shape index (κ1) is 13.4. The summed E-state index contributed by atoms with van der Waals surface area (Å²) in [4.78, 5) is 0.295. The molecular weight excluding hydrogens is 262 g/mol. The molecular formula is C14H15NO3S. The molecule has 2 rings (SSSR count). The molecule has 0 fully saturated rings. The van der Waals surface area contributed by atoms with Crippen molar-refractivity contribution in [2.75, 3.05) is 11.6 Å². The van der Waals surface area contributed by atoms with Crippen LogP contribution in [0.3, 0.4) is 0 Å². The van der Waals surface area contributed by atoms with E-state index in [4.69, 9.17) is 0 Å². The molecule has 0 aliphatic heterocycles. The molecule has 5 heteroatoms. The zero-order chi connectivity index (χ0) is 13.9. The molecule has 0 amide bonds. The summed E-state index contributed by atoms with van der Waals surface area (Å²) in [5, 5.41) is 12.3. The molecule has 0 aliphatic rings. The fraction of sp³-hybridized carbons (Fsp3) is 0.143. The molecule has 2 aromatic rings. The predicted molar refractivity (Wildman–Crippen MR) is 75.0 cm³/mol. The minimum absolute atomic E-state index is 0.225. The SMILES string of the molecule is CS(=O)(=O)c1cccc(NCc2ccc(O)cc2)c1. The standard InChI is InChI=1S/C14H15NO3S/c1-19(17,18)14-4-2-3-12(9-14)15-10-11-5-7-13(16)8-6-11/h2-9,15-16H,10H2,1H3. The van der Waals surface area contributed by atoms with E-state index in [1.165, 1.54) is 6.26 Å². The highest BCUT2D eigenvalue weighted by atomic mass is 32.2. The van der Waals surface area contributed by atoms with E-state index in [1.807, 2.05) is 18.2 Å². The van der Waals surface area contributed by atoms with E-state index in [0.29, 0.717) is 11.4 Å². The van der Waals surface area contributed by atoms with Gasteiger partial charge in [-0.25, -0.2) is 8.42 Å². The van der Waals surface area contributed by atoms with Gasteiger partial charge in [0.25, 0.3) is 0 Å². The van der Waals surface area contributed by atoms with Crippen LogP contribution in [0.1, 0.15) is 5.56 Å². The molecule has 4 nitrogen and oxygen atoms in total. The highest BCUT2D eigenvalue weighted by Crippen LogP contribution is 2.17. The van der Waals surface area contributed by atoms with Crippen LogP contribution in [0.2, 0.25) is 0 Å².